The van der Waals surface area contributed by atoms with E-state index < -0.39 is 35.8 Å². The van der Waals surface area contributed by atoms with Gasteiger partial charge >= 0.3 is 35.8 Å². The van der Waals surface area contributed by atoms with E-state index in [0.717, 1.165) is 0 Å². The second-order valence-corrected chi connectivity index (χ2v) is 11.8. The molecule has 0 fully saturated rings. The number of carbonyl (C=O) groups excluding carboxylic acids is 6. The summed E-state index contributed by atoms with van der Waals surface area (Å²) in [5, 5.41) is 0. The first-order valence-corrected chi connectivity index (χ1v) is 16.7. The van der Waals surface area contributed by atoms with Crippen molar-refractivity contribution in [1.82, 2.24) is 0 Å². The van der Waals surface area contributed by atoms with E-state index in [0.29, 0.717) is 5.75 Å². The van der Waals surface area contributed by atoms with Gasteiger partial charge in [-0.25, -0.2) is 28.8 Å². The Morgan fingerprint density at radius 3 is 1.04 bits per heavy atom. The standard InChI is InChI=1S/C42H36O15/c1-25(2)37(43)52-22-49-31-13-7-28(8-14-31)40(46)55-34-19-20-35(56-41(47)29-9-15-32(16-10-29)50-23-53-38(44)26(3)4)36(21-34)57-42(48)30-11-17-33(18-12-30)51-24-54-39(45)27(5)6/h7-21H,1,3,5,22-24H2,2,4,6H3. The third-order valence-electron chi connectivity index (χ3n) is 7.09. The first-order valence-electron chi connectivity index (χ1n) is 16.7. The topological polar surface area (TPSA) is 185 Å². The molecular formula is C42H36O15. The van der Waals surface area contributed by atoms with Crippen molar-refractivity contribution in [1.29, 1.82) is 0 Å². The quantitative estimate of drug-likeness (QED) is 0.0341. The van der Waals surface area contributed by atoms with Gasteiger partial charge in [-0.3, -0.25) is 0 Å². The van der Waals surface area contributed by atoms with Gasteiger partial charge in [0.05, 0.1) is 16.7 Å². The van der Waals surface area contributed by atoms with Crippen LogP contribution in [0.5, 0.6) is 34.5 Å². The molecule has 0 aromatic heterocycles. The van der Waals surface area contributed by atoms with Gasteiger partial charge < -0.3 is 42.6 Å². The molecule has 4 aromatic rings. The maximum atomic E-state index is 13.3. The zero-order valence-corrected chi connectivity index (χ0v) is 31.0. The highest BCUT2D eigenvalue weighted by atomic mass is 16.7. The number of rotatable bonds is 18. The van der Waals surface area contributed by atoms with Crippen molar-refractivity contribution in [3.8, 4) is 34.5 Å². The number of hydrogen-bond donors (Lipinski definition) is 0. The van der Waals surface area contributed by atoms with Crippen LogP contribution in [0, 0.1) is 0 Å². The Kier molecular flexibility index (Phi) is 14.9. The van der Waals surface area contributed by atoms with Crippen LogP contribution in [0.15, 0.2) is 127 Å². The van der Waals surface area contributed by atoms with Crippen molar-refractivity contribution < 1.29 is 71.4 Å². The van der Waals surface area contributed by atoms with Gasteiger partial charge in [-0.2, -0.15) is 0 Å². The Bertz CT molecular complexity index is 2170. The summed E-state index contributed by atoms with van der Waals surface area (Å²) < 4.78 is 47.4. The molecule has 57 heavy (non-hydrogen) atoms. The lowest BCUT2D eigenvalue weighted by Crippen LogP contribution is -2.14. The third kappa shape index (κ3) is 13.0. The fourth-order valence-corrected chi connectivity index (χ4v) is 4.08. The Labute approximate surface area is 326 Å². The van der Waals surface area contributed by atoms with Crippen molar-refractivity contribution in [3.63, 3.8) is 0 Å². The Hall–Kier alpha value is -7.68. The normalized spacial score (nSPS) is 10.2. The molecule has 0 heterocycles. The number of hydrogen-bond acceptors (Lipinski definition) is 15. The van der Waals surface area contributed by atoms with Crippen molar-refractivity contribution in [3.05, 3.63) is 144 Å². The van der Waals surface area contributed by atoms with Crippen molar-refractivity contribution in [2.75, 3.05) is 20.4 Å². The highest BCUT2D eigenvalue weighted by Gasteiger charge is 2.20. The minimum atomic E-state index is -0.880. The fraction of sp³-hybridized carbons (Fsp3) is 0.143. The smallest absolute Gasteiger partial charge is 0.343 e. The van der Waals surface area contributed by atoms with Crippen LogP contribution in [-0.4, -0.2) is 56.2 Å². The largest absolute Gasteiger partial charge is 0.457 e. The van der Waals surface area contributed by atoms with Crippen LogP contribution >= 0.6 is 0 Å². The molecule has 0 N–H and O–H groups in total. The van der Waals surface area contributed by atoms with Crippen LogP contribution in [0.4, 0.5) is 0 Å². The highest BCUT2D eigenvalue weighted by molar-refractivity contribution is 5.94. The van der Waals surface area contributed by atoms with Crippen molar-refractivity contribution >= 4 is 35.8 Å². The first-order chi connectivity index (χ1) is 27.2. The van der Waals surface area contributed by atoms with Gasteiger partial charge in [0.1, 0.15) is 23.0 Å². The van der Waals surface area contributed by atoms with Crippen LogP contribution in [0.2, 0.25) is 0 Å². The molecule has 0 saturated carbocycles. The van der Waals surface area contributed by atoms with Crippen molar-refractivity contribution in [2.24, 2.45) is 0 Å². The molecule has 0 aliphatic carbocycles. The van der Waals surface area contributed by atoms with E-state index >= 15 is 0 Å². The molecule has 0 bridgehead atoms. The van der Waals surface area contributed by atoms with E-state index in [9.17, 15) is 28.8 Å². The molecule has 0 radical (unpaired) electrons. The van der Waals surface area contributed by atoms with E-state index in [1.165, 1.54) is 112 Å². The Balaban J connectivity index is 1.48. The number of benzene rings is 4. The molecule has 294 valence electrons. The zero-order valence-electron chi connectivity index (χ0n) is 31.0. The van der Waals surface area contributed by atoms with Gasteiger partial charge in [-0.05, 0) is 106 Å². The third-order valence-corrected chi connectivity index (χ3v) is 7.09. The second kappa shape index (κ2) is 20.1. The molecule has 15 nitrogen and oxygen atoms in total. The average molecular weight is 781 g/mol. The van der Waals surface area contributed by atoms with Gasteiger partial charge in [0, 0.05) is 22.8 Å². The van der Waals surface area contributed by atoms with Crippen molar-refractivity contribution in [2.45, 2.75) is 20.8 Å². The molecule has 4 aromatic carbocycles. The number of carbonyl (C=O) groups is 6. The lowest BCUT2D eigenvalue weighted by molar-refractivity contribution is -0.146. The van der Waals surface area contributed by atoms with Gasteiger partial charge in [0.25, 0.3) is 0 Å². The molecule has 0 spiro atoms. The zero-order chi connectivity index (χ0) is 41.5. The van der Waals surface area contributed by atoms with Crippen LogP contribution < -0.4 is 28.4 Å². The van der Waals surface area contributed by atoms with E-state index in [2.05, 4.69) is 19.7 Å². The van der Waals surface area contributed by atoms with E-state index in [-0.39, 0.29) is 82.5 Å². The van der Waals surface area contributed by atoms with Crippen LogP contribution in [0.25, 0.3) is 0 Å². The second-order valence-electron chi connectivity index (χ2n) is 11.8. The minimum absolute atomic E-state index is 0.0576. The van der Waals surface area contributed by atoms with Crippen LogP contribution in [0.3, 0.4) is 0 Å². The summed E-state index contributed by atoms with van der Waals surface area (Å²) in [6, 6.07) is 20.9. The number of esters is 6. The minimum Gasteiger partial charge on any atom is -0.457 e. The molecule has 15 heteroatoms. The Morgan fingerprint density at radius 1 is 0.404 bits per heavy atom. The van der Waals surface area contributed by atoms with Gasteiger partial charge in [0.2, 0.25) is 20.4 Å². The number of ether oxygens (including phenoxy) is 9. The first kappa shape index (κ1) is 42.1. The molecule has 0 amide bonds. The molecule has 0 aliphatic heterocycles. The predicted octanol–water partition coefficient (Wildman–Crippen LogP) is 6.71. The summed E-state index contributed by atoms with van der Waals surface area (Å²) in [4.78, 5) is 74.1. The lowest BCUT2D eigenvalue weighted by atomic mass is 10.2. The van der Waals surface area contributed by atoms with Crippen LogP contribution in [-0.2, 0) is 28.6 Å². The summed E-state index contributed by atoms with van der Waals surface area (Å²) in [5.74, 6) is -4.08. The van der Waals surface area contributed by atoms with Crippen LogP contribution in [0.1, 0.15) is 51.8 Å². The van der Waals surface area contributed by atoms with Gasteiger partial charge in [0.15, 0.2) is 11.5 Å². The highest BCUT2D eigenvalue weighted by Crippen LogP contribution is 2.34. The molecule has 4 rings (SSSR count). The summed E-state index contributed by atoms with van der Waals surface area (Å²) in [6.45, 7) is 13.8. The van der Waals surface area contributed by atoms with Gasteiger partial charge in [-0.1, -0.05) is 19.7 Å². The fourth-order valence-electron chi connectivity index (χ4n) is 4.08. The summed E-state index contributed by atoms with van der Waals surface area (Å²) >= 11 is 0. The molecule has 0 saturated heterocycles. The monoisotopic (exact) mass is 780 g/mol. The van der Waals surface area contributed by atoms with Gasteiger partial charge in [-0.15, -0.1) is 0 Å². The van der Waals surface area contributed by atoms with E-state index in [4.69, 9.17) is 42.6 Å². The molecule has 0 atom stereocenters. The molecule has 0 unspecified atom stereocenters. The average Bonchev–Trinajstić information content (AvgIpc) is 3.19. The SMILES string of the molecule is C=C(C)C(=O)OCOc1ccc(C(=O)Oc2ccc(OC(=O)c3ccc(OCOC(=O)C(=C)C)cc3)c(OC(=O)c3ccc(OCOC(=O)C(=C)C)cc3)c2)cc1. The molecule has 0 aliphatic rings. The maximum Gasteiger partial charge on any atom is 0.343 e. The van der Waals surface area contributed by atoms with E-state index in [1.54, 1.807) is 0 Å². The summed E-state index contributed by atoms with van der Waals surface area (Å²) in [7, 11) is 0. The Morgan fingerprint density at radius 2 is 0.702 bits per heavy atom. The lowest BCUT2D eigenvalue weighted by Gasteiger charge is -2.13. The maximum absolute atomic E-state index is 13.3. The molecular weight excluding hydrogens is 744 g/mol. The summed E-state index contributed by atoms with van der Waals surface area (Å²) in [5.41, 5.74) is 0.872. The predicted molar refractivity (Wildman–Crippen MR) is 200 cm³/mol. The summed E-state index contributed by atoms with van der Waals surface area (Å²) in [6.07, 6.45) is 0. The van der Waals surface area contributed by atoms with E-state index in [1.807, 2.05) is 0 Å².